The molecule has 0 saturated carbocycles. The molecule has 0 aromatic heterocycles. The maximum atomic E-state index is 13.9. The summed E-state index contributed by atoms with van der Waals surface area (Å²) in [6, 6.07) is 19.2. The fourth-order valence-corrected chi connectivity index (χ4v) is 5.34. The van der Waals surface area contributed by atoms with Gasteiger partial charge in [-0.15, -0.1) is 0 Å². The molecule has 38 heavy (non-hydrogen) atoms. The molecule has 0 unspecified atom stereocenters. The van der Waals surface area contributed by atoms with Crippen LogP contribution in [0.1, 0.15) is 18.1 Å². The van der Waals surface area contributed by atoms with Gasteiger partial charge in [-0.05, 0) is 43.7 Å². The number of carbonyl (C=O) groups excluding carboxylic acids is 2. The highest BCUT2D eigenvalue weighted by molar-refractivity contribution is 7.92. The van der Waals surface area contributed by atoms with E-state index in [0.29, 0.717) is 5.75 Å². The number of ether oxygens (including phenoxy) is 2. The van der Waals surface area contributed by atoms with E-state index in [2.05, 4.69) is 5.32 Å². The zero-order valence-corrected chi connectivity index (χ0v) is 23.0. The molecule has 0 saturated heterocycles. The zero-order valence-electron chi connectivity index (χ0n) is 22.2. The van der Waals surface area contributed by atoms with Crippen molar-refractivity contribution in [1.29, 1.82) is 0 Å². The zero-order chi connectivity index (χ0) is 27.9. The van der Waals surface area contributed by atoms with Crippen LogP contribution < -0.4 is 19.1 Å². The maximum Gasteiger partial charge on any atom is 0.264 e. The Morgan fingerprint density at radius 1 is 0.947 bits per heavy atom. The van der Waals surface area contributed by atoms with E-state index in [1.165, 1.54) is 44.4 Å². The third-order valence-corrected chi connectivity index (χ3v) is 7.93. The van der Waals surface area contributed by atoms with Crippen molar-refractivity contribution in [1.82, 2.24) is 10.2 Å². The molecule has 0 fully saturated rings. The van der Waals surface area contributed by atoms with Gasteiger partial charge in [-0.3, -0.25) is 13.9 Å². The summed E-state index contributed by atoms with van der Waals surface area (Å²) >= 11 is 0. The molecule has 0 aliphatic carbocycles. The normalized spacial score (nSPS) is 11.8. The van der Waals surface area contributed by atoms with Gasteiger partial charge in [0, 0.05) is 19.7 Å². The van der Waals surface area contributed by atoms with Crippen LogP contribution in [0.4, 0.5) is 5.69 Å². The van der Waals surface area contributed by atoms with Gasteiger partial charge in [0.1, 0.15) is 24.1 Å². The summed E-state index contributed by atoms with van der Waals surface area (Å²) in [6.07, 6.45) is 0. The lowest BCUT2D eigenvalue weighted by Crippen LogP contribution is -2.50. The van der Waals surface area contributed by atoms with Crippen molar-refractivity contribution in [3.63, 3.8) is 0 Å². The van der Waals surface area contributed by atoms with Crippen molar-refractivity contribution >= 4 is 27.5 Å². The standard InChI is InChI=1S/C28H33N3O6S/c1-20-11-13-22(14-12-20)18-30(21(2)28(33)29-3)27(32)19-31(38(34,35)24-9-7-6-8-10-24)25-17-23(36-4)15-16-26(25)37-5/h6-17,21H,18-19H2,1-5H3,(H,29,33)/t21-/m0/s1. The first kappa shape index (κ1) is 28.5. The SMILES string of the molecule is CNC(=O)[C@H](C)N(Cc1ccc(C)cc1)C(=O)CN(c1cc(OC)ccc1OC)S(=O)(=O)c1ccccc1. The number of hydrogen-bond acceptors (Lipinski definition) is 6. The molecule has 0 bridgehead atoms. The van der Waals surface area contributed by atoms with Crippen molar-refractivity contribution in [3.8, 4) is 11.5 Å². The first-order chi connectivity index (χ1) is 18.1. The monoisotopic (exact) mass is 539 g/mol. The van der Waals surface area contributed by atoms with Gasteiger partial charge in [0.25, 0.3) is 10.0 Å². The van der Waals surface area contributed by atoms with Gasteiger partial charge in [-0.1, -0.05) is 48.0 Å². The lowest BCUT2D eigenvalue weighted by Gasteiger charge is -2.32. The number of amides is 2. The summed E-state index contributed by atoms with van der Waals surface area (Å²) < 4.78 is 39.6. The van der Waals surface area contributed by atoms with E-state index in [4.69, 9.17) is 9.47 Å². The lowest BCUT2D eigenvalue weighted by molar-refractivity contribution is -0.139. The molecule has 0 heterocycles. The summed E-state index contributed by atoms with van der Waals surface area (Å²) in [5, 5.41) is 2.57. The van der Waals surface area contributed by atoms with Crippen molar-refractivity contribution in [2.45, 2.75) is 31.3 Å². The summed E-state index contributed by atoms with van der Waals surface area (Å²) in [7, 11) is 0.140. The summed E-state index contributed by atoms with van der Waals surface area (Å²) in [5.41, 5.74) is 1.99. The van der Waals surface area contributed by atoms with Crippen LogP contribution in [-0.2, 0) is 26.2 Å². The number of aryl methyl sites for hydroxylation is 1. The van der Waals surface area contributed by atoms with Crippen LogP contribution in [0.5, 0.6) is 11.5 Å². The molecule has 1 N–H and O–H groups in total. The van der Waals surface area contributed by atoms with E-state index in [-0.39, 0.29) is 28.8 Å². The van der Waals surface area contributed by atoms with Crippen LogP contribution in [0, 0.1) is 6.92 Å². The number of nitrogens with one attached hydrogen (secondary N) is 1. The topological polar surface area (TPSA) is 105 Å². The molecule has 3 rings (SSSR count). The Morgan fingerprint density at radius 3 is 2.18 bits per heavy atom. The Bertz CT molecular complexity index is 1360. The van der Waals surface area contributed by atoms with E-state index < -0.39 is 28.5 Å². The predicted molar refractivity (Wildman–Crippen MR) is 146 cm³/mol. The molecule has 0 radical (unpaired) electrons. The number of likely N-dealkylation sites (N-methyl/N-ethyl adjacent to an activating group) is 1. The van der Waals surface area contributed by atoms with Crippen LogP contribution in [0.25, 0.3) is 0 Å². The Morgan fingerprint density at radius 2 is 1.61 bits per heavy atom. The molecule has 3 aromatic rings. The number of anilines is 1. The Kier molecular flexibility index (Phi) is 9.35. The van der Waals surface area contributed by atoms with Crippen LogP contribution >= 0.6 is 0 Å². The number of methoxy groups -OCH3 is 2. The van der Waals surface area contributed by atoms with Crippen LogP contribution in [0.2, 0.25) is 0 Å². The maximum absolute atomic E-state index is 13.9. The quantitative estimate of drug-likeness (QED) is 0.401. The lowest BCUT2D eigenvalue weighted by atomic mass is 10.1. The molecule has 0 aliphatic heterocycles. The van der Waals surface area contributed by atoms with E-state index in [9.17, 15) is 18.0 Å². The third-order valence-electron chi connectivity index (χ3n) is 6.15. The highest BCUT2D eigenvalue weighted by Crippen LogP contribution is 2.36. The van der Waals surface area contributed by atoms with E-state index >= 15 is 0 Å². The first-order valence-electron chi connectivity index (χ1n) is 12.0. The first-order valence-corrected chi connectivity index (χ1v) is 13.4. The van der Waals surface area contributed by atoms with Gasteiger partial charge in [-0.2, -0.15) is 0 Å². The van der Waals surface area contributed by atoms with Crippen molar-refractivity contribution in [2.75, 3.05) is 32.1 Å². The Hall–Kier alpha value is -4.05. The Balaban J connectivity index is 2.10. The number of hydrogen-bond donors (Lipinski definition) is 1. The van der Waals surface area contributed by atoms with Gasteiger partial charge in [0.2, 0.25) is 11.8 Å². The molecule has 1 atom stereocenters. The van der Waals surface area contributed by atoms with Gasteiger partial charge < -0.3 is 19.7 Å². The second-order valence-corrected chi connectivity index (χ2v) is 10.5. The minimum absolute atomic E-state index is 0.00195. The summed E-state index contributed by atoms with van der Waals surface area (Å²) in [5.74, 6) is -0.313. The van der Waals surface area contributed by atoms with Crippen molar-refractivity contribution in [3.05, 3.63) is 83.9 Å². The van der Waals surface area contributed by atoms with Crippen LogP contribution in [-0.4, -0.2) is 59.0 Å². The van der Waals surface area contributed by atoms with Gasteiger partial charge in [0.05, 0.1) is 24.8 Å². The summed E-state index contributed by atoms with van der Waals surface area (Å²) in [4.78, 5) is 27.8. The highest BCUT2D eigenvalue weighted by atomic mass is 32.2. The van der Waals surface area contributed by atoms with Gasteiger partial charge >= 0.3 is 0 Å². The van der Waals surface area contributed by atoms with E-state index in [0.717, 1.165) is 15.4 Å². The number of carbonyl (C=O) groups is 2. The van der Waals surface area contributed by atoms with Crippen LogP contribution in [0.3, 0.4) is 0 Å². The van der Waals surface area contributed by atoms with Gasteiger partial charge in [-0.25, -0.2) is 8.42 Å². The smallest absolute Gasteiger partial charge is 0.264 e. The fraction of sp³-hybridized carbons (Fsp3) is 0.286. The second-order valence-electron chi connectivity index (χ2n) is 8.66. The number of rotatable bonds is 11. The number of benzene rings is 3. The number of nitrogens with zero attached hydrogens (tertiary/aromatic N) is 2. The number of sulfonamides is 1. The molecule has 0 aliphatic rings. The van der Waals surface area contributed by atoms with E-state index in [1.54, 1.807) is 37.3 Å². The molecule has 0 spiro atoms. The molecule has 9 nitrogen and oxygen atoms in total. The Labute approximate surface area is 224 Å². The molecule has 10 heteroatoms. The van der Waals surface area contributed by atoms with Gasteiger partial charge in [0.15, 0.2) is 0 Å². The van der Waals surface area contributed by atoms with Crippen molar-refractivity contribution in [2.24, 2.45) is 0 Å². The molecule has 2 amide bonds. The van der Waals surface area contributed by atoms with Crippen LogP contribution in [0.15, 0.2) is 77.7 Å². The minimum Gasteiger partial charge on any atom is -0.497 e. The summed E-state index contributed by atoms with van der Waals surface area (Å²) in [6.45, 7) is 3.09. The molecule has 3 aromatic carbocycles. The molecule has 202 valence electrons. The second kappa shape index (κ2) is 12.5. The third kappa shape index (κ3) is 6.44. The minimum atomic E-state index is -4.22. The fourth-order valence-electron chi connectivity index (χ4n) is 3.91. The van der Waals surface area contributed by atoms with Crippen molar-refractivity contribution < 1.29 is 27.5 Å². The highest BCUT2D eigenvalue weighted by Gasteiger charge is 2.33. The predicted octanol–water partition coefficient (Wildman–Crippen LogP) is 3.37. The average Bonchev–Trinajstić information content (AvgIpc) is 2.94. The largest absolute Gasteiger partial charge is 0.497 e. The molecular weight excluding hydrogens is 506 g/mol. The average molecular weight is 540 g/mol. The molecular formula is C28H33N3O6S. The van der Waals surface area contributed by atoms with E-state index in [1.807, 2.05) is 31.2 Å².